The molecule has 7 nitrogen and oxygen atoms in total. The number of carbonyl (C=O) groups excluding carboxylic acids is 1. The lowest BCUT2D eigenvalue weighted by atomic mass is 9.94. The molecule has 0 fully saturated rings. The molecule has 2 aromatic heterocycles. The second kappa shape index (κ2) is 6.33. The number of nitrogens with zero attached hydrogens (tertiary/aromatic N) is 2. The summed E-state index contributed by atoms with van der Waals surface area (Å²) in [6.07, 6.45) is 0.699. The van der Waals surface area contributed by atoms with Crippen LogP contribution in [0.3, 0.4) is 0 Å². The summed E-state index contributed by atoms with van der Waals surface area (Å²) in [7, 11) is 1.66. The number of aromatic amines is 2. The van der Waals surface area contributed by atoms with Gasteiger partial charge in [-0.15, -0.1) is 0 Å². The molecule has 1 unspecified atom stereocenters. The summed E-state index contributed by atoms with van der Waals surface area (Å²) in [5, 5.41) is 10.2. The summed E-state index contributed by atoms with van der Waals surface area (Å²) in [6.45, 7) is 4.43. The van der Waals surface area contributed by atoms with E-state index in [1.165, 1.54) is 0 Å². The van der Waals surface area contributed by atoms with E-state index < -0.39 is 0 Å². The van der Waals surface area contributed by atoms with Crippen LogP contribution in [0.5, 0.6) is 5.75 Å². The predicted octanol–water partition coefficient (Wildman–Crippen LogP) is 2.49. The molecule has 7 heteroatoms. The van der Waals surface area contributed by atoms with Gasteiger partial charge < -0.3 is 15.0 Å². The quantitative estimate of drug-likeness (QED) is 0.675. The fraction of sp³-hybridized carbons (Fsp3) is 0.316. The molecule has 1 aliphatic heterocycles. The molecule has 3 N–H and O–H groups in total. The molecule has 134 valence electrons. The van der Waals surface area contributed by atoms with Crippen molar-refractivity contribution in [1.82, 2.24) is 25.5 Å². The number of ether oxygens (including phenoxy) is 1. The van der Waals surface area contributed by atoms with Crippen LogP contribution in [0.15, 0.2) is 24.3 Å². The number of methoxy groups -OCH3 is 1. The van der Waals surface area contributed by atoms with Crippen molar-refractivity contribution in [2.45, 2.75) is 26.2 Å². The monoisotopic (exact) mass is 351 g/mol. The second-order valence-electron chi connectivity index (χ2n) is 6.61. The minimum absolute atomic E-state index is 0.147. The Morgan fingerprint density at radius 3 is 2.85 bits per heavy atom. The van der Waals surface area contributed by atoms with E-state index in [9.17, 15) is 4.79 Å². The second-order valence-corrected chi connectivity index (χ2v) is 6.61. The van der Waals surface area contributed by atoms with Crippen molar-refractivity contribution < 1.29 is 9.53 Å². The first kappa shape index (κ1) is 16.4. The summed E-state index contributed by atoms with van der Waals surface area (Å²) < 4.78 is 5.33. The van der Waals surface area contributed by atoms with Gasteiger partial charge >= 0.3 is 0 Å². The van der Waals surface area contributed by atoms with Gasteiger partial charge in [0.05, 0.1) is 18.4 Å². The van der Waals surface area contributed by atoms with Crippen LogP contribution in [-0.2, 0) is 6.42 Å². The molecule has 26 heavy (non-hydrogen) atoms. The number of hydrogen-bond donors (Lipinski definition) is 3. The maximum absolute atomic E-state index is 12.5. The van der Waals surface area contributed by atoms with Crippen LogP contribution in [0.1, 0.15) is 39.1 Å². The van der Waals surface area contributed by atoms with E-state index in [1.807, 2.05) is 32.0 Å². The van der Waals surface area contributed by atoms with Gasteiger partial charge in [-0.2, -0.15) is 5.10 Å². The number of hydrogen-bond acceptors (Lipinski definition) is 4. The summed E-state index contributed by atoms with van der Waals surface area (Å²) in [5.74, 6) is 1.50. The zero-order valence-corrected chi connectivity index (χ0v) is 15.0. The van der Waals surface area contributed by atoms with Gasteiger partial charge in [-0.3, -0.25) is 9.89 Å². The highest BCUT2D eigenvalue weighted by Crippen LogP contribution is 2.29. The van der Waals surface area contributed by atoms with E-state index in [0.29, 0.717) is 24.5 Å². The van der Waals surface area contributed by atoms with Gasteiger partial charge in [0.15, 0.2) is 0 Å². The molecule has 3 aromatic rings. The predicted molar refractivity (Wildman–Crippen MR) is 97.4 cm³/mol. The van der Waals surface area contributed by atoms with Crippen LogP contribution in [0.4, 0.5) is 0 Å². The molecule has 1 aliphatic rings. The van der Waals surface area contributed by atoms with E-state index in [1.54, 1.807) is 7.11 Å². The first-order valence-corrected chi connectivity index (χ1v) is 8.59. The normalized spacial score (nSPS) is 16.7. The number of amides is 1. The number of carbonyl (C=O) groups is 1. The summed E-state index contributed by atoms with van der Waals surface area (Å²) in [6, 6.07) is 7.97. The van der Waals surface area contributed by atoms with Crippen molar-refractivity contribution in [3.05, 3.63) is 52.6 Å². The summed E-state index contributed by atoms with van der Waals surface area (Å²) >= 11 is 0. The van der Waals surface area contributed by atoms with Crippen LogP contribution in [-0.4, -0.2) is 39.7 Å². The average molecular weight is 351 g/mol. The average Bonchev–Trinajstić information content (AvgIpc) is 3.16. The van der Waals surface area contributed by atoms with E-state index in [4.69, 9.17) is 4.74 Å². The van der Waals surface area contributed by atoms with Gasteiger partial charge in [-0.25, -0.2) is 4.98 Å². The standard InChI is InChI=1S/C19H21N5O2/c1-10-16(11(2)24-23-10)18-21-15-8-13(9-20-19(25)17(15)22-18)12-5-4-6-14(7-12)26-3/h4-7,13H,8-9H2,1-3H3,(H,20,25)(H,21,22)(H,23,24). The van der Waals surface area contributed by atoms with Crippen LogP contribution in [0.25, 0.3) is 11.4 Å². The number of benzene rings is 1. The minimum Gasteiger partial charge on any atom is -0.497 e. The Morgan fingerprint density at radius 1 is 1.27 bits per heavy atom. The molecule has 3 heterocycles. The largest absolute Gasteiger partial charge is 0.497 e. The number of nitrogens with one attached hydrogen (secondary N) is 3. The highest BCUT2D eigenvalue weighted by atomic mass is 16.5. The van der Waals surface area contributed by atoms with Gasteiger partial charge in [0, 0.05) is 23.9 Å². The van der Waals surface area contributed by atoms with Crippen molar-refractivity contribution in [3.63, 3.8) is 0 Å². The van der Waals surface area contributed by atoms with Gasteiger partial charge in [0.2, 0.25) is 0 Å². The number of rotatable bonds is 3. The van der Waals surface area contributed by atoms with E-state index >= 15 is 0 Å². The Labute approximate surface area is 151 Å². The van der Waals surface area contributed by atoms with Gasteiger partial charge in [-0.05, 0) is 38.0 Å². The number of aryl methyl sites for hydroxylation is 2. The number of fused-ring (bicyclic) bond motifs is 1. The molecule has 1 aromatic carbocycles. The Balaban J connectivity index is 1.72. The first-order chi connectivity index (χ1) is 12.6. The zero-order valence-electron chi connectivity index (χ0n) is 15.0. The zero-order chi connectivity index (χ0) is 18.3. The fourth-order valence-electron chi connectivity index (χ4n) is 3.51. The smallest absolute Gasteiger partial charge is 0.271 e. The van der Waals surface area contributed by atoms with Crippen molar-refractivity contribution in [2.24, 2.45) is 0 Å². The number of imidazole rings is 1. The topological polar surface area (TPSA) is 95.7 Å². The molecule has 0 aliphatic carbocycles. The molecule has 0 radical (unpaired) electrons. The molecule has 4 rings (SSSR count). The van der Waals surface area contributed by atoms with Crippen LogP contribution < -0.4 is 10.1 Å². The van der Waals surface area contributed by atoms with E-state index in [2.05, 4.69) is 31.5 Å². The lowest BCUT2D eigenvalue weighted by molar-refractivity contribution is 0.0950. The molecular weight excluding hydrogens is 330 g/mol. The third-order valence-corrected chi connectivity index (χ3v) is 4.88. The number of H-pyrrole nitrogens is 2. The van der Waals surface area contributed by atoms with Gasteiger partial charge in [0.25, 0.3) is 5.91 Å². The SMILES string of the molecule is COc1cccc(C2CNC(=O)c3nc(-c4c(C)n[nH]c4C)[nH]c3C2)c1. The maximum Gasteiger partial charge on any atom is 0.271 e. The fourth-order valence-corrected chi connectivity index (χ4v) is 3.51. The molecule has 0 saturated carbocycles. The third kappa shape index (κ3) is 2.75. The minimum atomic E-state index is -0.147. The molecule has 0 saturated heterocycles. The van der Waals surface area contributed by atoms with E-state index in [0.717, 1.165) is 34.0 Å². The molecule has 0 bridgehead atoms. The van der Waals surface area contributed by atoms with Crippen molar-refractivity contribution >= 4 is 5.91 Å². The van der Waals surface area contributed by atoms with Gasteiger partial charge in [0.1, 0.15) is 17.3 Å². The third-order valence-electron chi connectivity index (χ3n) is 4.88. The van der Waals surface area contributed by atoms with Crippen molar-refractivity contribution in [2.75, 3.05) is 13.7 Å². The Morgan fingerprint density at radius 2 is 2.12 bits per heavy atom. The molecule has 1 atom stereocenters. The lowest BCUT2D eigenvalue weighted by Gasteiger charge is -2.15. The van der Waals surface area contributed by atoms with Crippen LogP contribution >= 0.6 is 0 Å². The molecule has 1 amide bonds. The molecular formula is C19H21N5O2. The first-order valence-electron chi connectivity index (χ1n) is 8.59. The van der Waals surface area contributed by atoms with Gasteiger partial charge in [-0.1, -0.05) is 12.1 Å². The lowest BCUT2D eigenvalue weighted by Crippen LogP contribution is -2.26. The molecule has 0 spiro atoms. The van der Waals surface area contributed by atoms with Crippen LogP contribution in [0.2, 0.25) is 0 Å². The van der Waals surface area contributed by atoms with Crippen molar-refractivity contribution in [3.8, 4) is 17.1 Å². The Hall–Kier alpha value is -3.09. The maximum atomic E-state index is 12.5. The Bertz CT molecular complexity index is 953. The highest BCUT2D eigenvalue weighted by Gasteiger charge is 2.27. The van der Waals surface area contributed by atoms with Crippen LogP contribution in [0, 0.1) is 13.8 Å². The highest BCUT2D eigenvalue weighted by molar-refractivity contribution is 5.94. The van der Waals surface area contributed by atoms with Crippen molar-refractivity contribution in [1.29, 1.82) is 0 Å². The summed E-state index contributed by atoms with van der Waals surface area (Å²) in [5.41, 5.74) is 5.15. The van der Waals surface area contributed by atoms with E-state index in [-0.39, 0.29) is 11.8 Å². The Kier molecular flexibility index (Phi) is 3.99. The number of aromatic nitrogens is 4. The summed E-state index contributed by atoms with van der Waals surface area (Å²) in [4.78, 5) is 20.4.